The van der Waals surface area contributed by atoms with Crippen molar-refractivity contribution in [2.24, 2.45) is 0 Å². The standard InChI is InChI=1S/C15H23BN2O3/c1-13(2)14(3,4)21-16(20-13)11-8-17-18(9-11)12-7-15(5-6-15)19-10-12/h8-9,12H,5-7,10H2,1-4H3. The highest BCUT2D eigenvalue weighted by atomic mass is 16.7. The van der Waals surface area contributed by atoms with Gasteiger partial charge in [-0.25, -0.2) is 0 Å². The zero-order valence-electron chi connectivity index (χ0n) is 13.3. The number of ether oxygens (including phenoxy) is 1. The monoisotopic (exact) mass is 290 g/mol. The molecule has 0 aromatic carbocycles. The first kappa shape index (κ1) is 13.8. The molecule has 1 aromatic heterocycles. The van der Waals surface area contributed by atoms with Crippen molar-refractivity contribution < 1.29 is 14.0 Å². The third-order valence-corrected chi connectivity index (χ3v) is 5.52. The van der Waals surface area contributed by atoms with Crippen molar-refractivity contribution in [2.45, 2.75) is 69.8 Å². The number of hydrogen-bond donors (Lipinski definition) is 0. The molecule has 2 aliphatic heterocycles. The molecule has 0 bridgehead atoms. The minimum absolute atomic E-state index is 0.182. The van der Waals surface area contributed by atoms with E-state index in [1.54, 1.807) is 0 Å². The van der Waals surface area contributed by atoms with Gasteiger partial charge >= 0.3 is 7.12 Å². The summed E-state index contributed by atoms with van der Waals surface area (Å²) in [5.41, 5.74) is 0.550. The minimum atomic E-state index is -0.332. The maximum absolute atomic E-state index is 6.07. The van der Waals surface area contributed by atoms with E-state index in [1.165, 1.54) is 12.8 Å². The molecule has 1 saturated carbocycles. The Labute approximate surface area is 126 Å². The lowest BCUT2D eigenvalue weighted by Crippen LogP contribution is -2.41. The van der Waals surface area contributed by atoms with E-state index in [0.29, 0.717) is 6.04 Å². The Hall–Kier alpha value is -0.845. The average molecular weight is 290 g/mol. The molecule has 1 spiro atoms. The lowest BCUT2D eigenvalue weighted by Gasteiger charge is -2.32. The molecule has 21 heavy (non-hydrogen) atoms. The van der Waals surface area contributed by atoms with Gasteiger partial charge in [-0.05, 0) is 40.5 Å². The van der Waals surface area contributed by atoms with E-state index in [1.807, 2.05) is 10.9 Å². The average Bonchev–Trinajstić information content (AvgIpc) is 2.73. The van der Waals surface area contributed by atoms with Gasteiger partial charge in [0, 0.05) is 24.3 Å². The van der Waals surface area contributed by atoms with Crippen molar-refractivity contribution in [1.29, 1.82) is 0 Å². The molecule has 3 fully saturated rings. The Balaban J connectivity index is 1.50. The number of aromatic nitrogens is 2. The van der Waals surface area contributed by atoms with E-state index in [-0.39, 0.29) is 23.9 Å². The Morgan fingerprint density at radius 1 is 1.19 bits per heavy atom. The van der Waals surface area contributed by atoms with Gasteiger partial charge < -0.3 is 14.0 Å². The van der Waals surface area contributed by atoms with E-state index in [0.717, 1.165) is 18.5 Å². The first-order chi connectivity index (χ1) is 9.80. The quantitative estimate of drug-likeness (QED) is 0.777. The molecular formula is C15H23BN2O3. The Kier molecular flexibility index (Phi) is 2.70. The first-order valence-electron chi connectivity index (χ1n) is 7.84. The van der Waals surface area contributed by atoms with Gasteiger partial charge in [0.2, 0.25) is 0 Å². The second-order valence-electron chi connectivity index (χ2n) is 7.69. The fraction of sp³-hybridized carbons (Fsp3) is 0.800. The molecule has 5 nitrogen and oxygen atoms in total. The molecule has 3 aliphatic rings. The molecular weight excluding hydrogens is 267 g/mol. The van der Waals surface area contributed by atoms with Gasteiger partial charge in [0.15, 0.2) is 0 Å². The maximum Gasteiger partial charge on any atom is 0.498 e. The molecule has 0 amide bonds. The van der Waals surface area contributed by atoms with Crippen LogP contribution in [0.3, 0.4) is 0 Å². The summed E-state index contributed by atoms with van der Waals surface area (Å²) in [7, 11) is -0.332. The van der Waals surface area contributed by atoms with E-state index in [9.17, 15) is 0 Å². The molecule has 4 rings (SSSR count). The highest BCUT2D eigenvalue weighted by Gasteiger charge is 2.53. The summed E-state index contributed by atoms with van der Waals surface area (Å²) in [5.74, 6) is 0. The Morgan fingerprint density at radius 2 is 1.86 bits per heavy atom. The molecule has 6 heteroatoms. The zero-order valence-corrected chi connectivity index (χ0v) is 13.3. The van der Waals surface area contributed by atoms with Crippen LogP contribution in [-0.2, 0) is 14.0 Å². The van der Waals surface area contributed by atoms with Gasteiger partial charge in [-0.1, -0.05) is 0 Å². The molecule has 1 aromatic rings. The van der Waals surface area contributed by atoms with Crippen LogP contribution >= 0.6 is 0 Å². The van der Waals surface area contributed by atoms with E-state index >= 15 is 0 Å². The van der Waals surface area contributed by atoms with Gasteiger partial charge in [-0.3, -0.25) is 4.68 Å². The first-order valence-corrected chi connectivity index (χ1v) is 7.84. The van der Waals surface area contributed by atoms with Crippen LogP contribution in [0.4, 0.5) is 0 Å². The third-order valence-electron chi connectivity index (χ3n) is 5.52. The summed E-state index contributed by atoms with van der Waals surface area (Å²) in [6.45, 7) is 9.04. The van der Waals surface area contributed by atoms with Crippen molar-refractivity contribution >= 4 is 12.6 Å². The molecule has 1 unspecified atom stereocenters. The van der Waals surface area contributed by atoms with Crippen LogP contribution in [-0.4, -0.2) is 40.3 Å². The Bertz CT molecular complexity index is 549. The van der Waals surface area contributed by atoms with Gasteiger partial charge in [0.1, 0.15) is 0 Å². The topological polar surface area (TPSA) is 45.5 Å². The lowest BCUT2D eigenvalue weighted by molar-refractivity contribution is 0.00578. The van der Waals surface area contributed by atoms with Crippen molar-refractivity contribution in [3.63, 3.8) is 0 Å². The predicted molar refractivity (Wildman–Crippen MR) is 79.5 cm³/mol. The SMILES string of the molecule is CC1(C)OB(c2cnn(C3COC4(CC4)C3)c2)OC1(C)C. The highest BCUT2D eigenvalue weighted by molar-refractivity contribution is 6.61. The van der Waals surface area contributed by atoms with E-state index < -0.39 is 0 Å². The summed E-state index contributed by atoms with van der Waals surface area (Å²) in [6.07, 6.45) is 7.40. The summed E-state index contributed by atoms with van der Waals surface area (Å²) in [5, 5.41) is 4.51. The van der Waals surface area contributed by atoms with Crippen LogP contribution in [0.25, 0.3) is 0 Å². The summed E-state index contributed by atoms with van der Waals surface area (Å²) >= 11 is 0. The molecule has 114 valence electrons. The van der Waals surface area contributed by atoms with Crippen LogP contribution in [0.1, 0.15) is 53.0 Å². The van der Waals surface area contributed by atoms with Gasteiger partial charge in [0.25, 0.3) is 0 Å². The van der Waals surface area contributed by atoms with Crippen LogP contribution in [0, 0.1) is 0 Å². The summed E-state index contributed by atoms with van der Waals surface area (Å²) < 4.78 is 20.1. The van der Waals surface area contributed by atoms with E-state index in [2.05, 4.69) is 39.0 Å². The van der Waals surface area contributed by atoms with Crippen LogP contribution in [0.5, 0.6) is 0 Å². The summed E-state index contributed by atoms with van der Waals surface area (Å²) in [4.78, 5) is 0. The van der Waals surface area contributed by atoms with Gasteiger partial charge in [-0.15, -0.1) is 0 Å². The van der Waals surface area contributed by atoms with Crippen LogP contribution in [0.15, 0.2) is 12.4 Å². The summed E-state index contributed by atoms with van der Waals surface area (Å²) in [6, 6.07) is 0.351. The van der Waals surface area contributed by atoms with Crippen molar-refractivity contribution in [3.05, 3.63) is 12.4 Å². The smallest absolute Gasteiger partial charge is 0.399 e. The molecule has 3 heterocycles. The normalized spacial score (nSPS) is 32.0. The minimum Gasteiger partial charge on any atom is -0.399 e. The van der Waals surface area contributed by atoms with E-state index in [4.69, 9.17) is 14.0 Å². The Morgan fingerprint density at radius 3 is 2.43 bits per heavy atom. The van der Waals surface area contributed by atoms with Gasteiger partial charge in [-0.2, -0.15) is 5.10 Å². The van der Waals surface area contributed by atoms with Crippen LogP contribution < -0.4 is 5.46 Å². The van der Waals surface area contributed by atoms with Crippen molar-refractivity contribution in [1.82, 2.24) is 9.78 Å². The predicted octanol–water partition coefficient (Wildman–Crippen LogP) is 1.68. The highest BCUT2D eigenvalue weighted by Crippen LogP contribution is 2.50. The fourth-order valence-electron chi connectivity index (χ4n) is 3.13. The molecule has 0 N–H and O–H groups in total. The zero-order chi connectivity index (χ0) is 14.9. The number of nitrogens with zero attached hydrogens (tertiary/aromatic N) is 2. The third kappa shape index (κ3) is 2.15. The maximum atomic E-state index is 6.07. The second kappa shape index (κ2) is 4.12. The molecule has 1 atom stereocenters. The fourth-order valence-corrected chi connectivity index (χ4v) is 3.13. The van der Waals surface area contributed by atoms with Gasteiger partial charge in [0.05, 0.1) is 29.5 Å². The number of rotatable bonds is 2. The molecule has 2 saturated heterocycles. The second-order valence-corrected chi connectivity index (χ2v) is 7.69. The number of hydrogen-bond acceptors (Lipinski definition) is 4. The molecule has 1 aliphatic carbocycles. The largest absolute Gasteiger partial charge is 0.498 e. The van der Waals surface area contributed by atoms with Crippen molar-refractivity contribution in [3.8, 4) is 0 Å². The van der Waals surface area contributed by atoms with Crippen molar-refractivity contribution in [2.75, 3.05) is 6.61 Å². The molecule has 0 radical (unpaired) electrons. The van der Waals surface area contributed by atoms with Crippen LogP contribution in [0.2, 0.25) is 0 Å². The lowest BCUT2D eigenvalue weighted by atomic mass is 9.82.